The molecule has 0 aromatic heterocycles. The van der Waals surface area contributed by atoms with Gasteiger partial charge in [-0.3, -0.25) is 4.90 Å². The molecule has 2 heteroatoms. The van der Waals surface area contributed by atoms with Crippen molar-refractivity contribution in [1.82, 2.24) is 4.90 Å². The Labute approximate surface area is 114 Å². The van der Waals surface area contributed by atoms with Gasteiger partial charge in [0.15, 0.2) is 0 Å². The van der Waals surface area contributed by atoms with Gasteiger partial charge in [-0.25, -0.2) is 0 Å². The number of hydrogen-bond acceptors (Lipinski definition) is 2. The molecule has 1 heterocycles. The first-order valence-corrected chi connectivity index (χ1v) is 7.11. The van der Waals surface area contributed by atoms with Crippen molar-refractivity contribution in [1.29, 1.82) is 0 Å². The van der Waals surface area contributed by atoms with Crippen LogP contribution < -0.4 is 0 Å². The summed E-state index contributed by atoms with van der Waals surface area (Å²) in [5.41, 5.74) is 0.927. The maximum atomic E-state index is 10.2. The van der Waals surface area contributed by atoms with Crippen LogP contribution in [0.5, 0.6) is 0 Å². The molecule has 100 valence electrons. The Balaban J connectivity index is 1.74. The number of aliphatic hydroxyl groups is 1. The first-order chi connectivity index (χ1) is 9.20. The first kappa shape index (κ1) is 12.6. The lowest BCUT2D eigenvalue weighted by Gasteiger charge is -2.46. The van der Waals surface area contributed by atoms with Gasteiger partial charge < -0.3 is 5.11 Å². The molecule has 19 heavy (non-hydrogen) atoms. The van der Waals surface area contributed by atoms with Crippen molar-refractivity contribution in [3.63, 3.8) is 0 Å². The minimum atomic E-state index is -0.431. The molecule has 2 aromatic rings. The Kier molecular flexibility index (Phi) is 3.29. The van der Waals surface area contributed by atoms with Crippen LogP contribution in [0.3, 0.4) is 0 Å². The number of hydrogen-bond donors (Lipinski definition) is 1. The van der Waals surface area contributed by atoms with Crippen LogP contribution in [0.25, 0.3) is 10.8 Å². The molecule has 1 N–H and O–H groups in total. The number of nitrogens with zero attached hydrogens (tertiary/aromatic N) is 1. The van der Waals surface area contributed by atoms with Crippen molar-refractivity contribution in [2.45, 2.75) is 31.9 Å². The highest BCUT2D eigenvalue weighted by atomic mass is 16.3. The van der Waals surface area contributed by atoms with Gasteiger partial charge in [-0.2, -0.15) is 0 Å². The summed E-state index contributed by atoms with van der Waals surface area (Å²) in [5.74, 6) is 0. The Morgan fingerprint density at radius 1 is 1.11 bits per heavy atom. The van der Waals surface area contributed by atoms with Crippen LogP contribution in [0.2, 0.25) is 0 Å². The fraction of sp³-hybridized carbons (Fsp3) is 0.412. The molecule has 0 unspecified atom stereocenters. The largest absolute Gasteiger partial charge is 0.387 e. The summed E-state index contributed by atoms with van der Waals surface area (Å²) in [5, 5.41) is 12.9. The van der Waals surface area contributed by atoms with E-state index in [-0.39, 0.29) is 0 Å². The van der Waals surface area contributed by atoms with Crippen molar-refractivity contribution in [2.75, 3.05) is 13.1 Å². The molecule has 0 bridgehead atoms. The number of likely N-dealkylation sites (tertiary alicyclic amines) is 1. The summed E-state index contributed by atoms with van der Waals surface area (Å²) < 4.78 is 0. The molecule has 0 radical (unpaired) electrons. The van der Waals surface area contributed by atoms with E-state index in [0.29, 0.717) is 0 Å². The molecule has 1 fully saturated rings. The van der Waals surface area contributed by atoms with Crippen molar-refractivity contribution >= 4 is 10.8 Å². The van der Waals surface area contributed by atoms with E-state index in [2.05, 4.69) is 54.3 Å². The molecule has 0 atom stereocenters. The van der Waals surface area contributed by atoms with E-state index in [9.17, 15) is 5.11 Å². The highest BCUT2D eigenvalue weighted by Crippen LogP contribution is 2.29. The molecule has 2 nitrogen and oxygen atoms in total. The third-order valence-electron chi connectivity index (χ3n) is 4.03. The second-order valence-electron chi connectivity index (χ2n) is 5.76. The summed E-state index contributed by atoms with van der Waals surface area (Å²) in [6, 6.07) is 15.0. The predicted octanol–water partition coefficient (Wildman–Crippen LogP) is 3.19. The smallest absolute Gasteiger partial charge is 0.0900 e. The monoisotopic (exact) mass is 255 g/mol. The van der Waals surface area contributed by atoms with Crippen molar-refractivity contribution < 1.29 is 5.11 Å². The molecule has 0 spiro atoms. The average molecular weight is 255 g/mol. The molecule has 1 saturated heterocycles. The zero-order valence-corrected chi connectivity index (χ0v) is 11.5. The van der Waals surface area contributed by atoms with Crippen LogP contribution in [0.1, 0.15) is 25.3 Å². The SMILES string of the molecule is CCCC1(O)CN(Cc2cccc3ccccc23)C1. The second-order valence-corrected chi connectivity index (χ2v) is 5.76. The number of fused-ring (bicyclic) bond motifs is 1. The standard InChI is InChI=1S/C17H21NO/c1-2-10-17(19)12-18(13-17)11-15-8-5-7-14-6-3-4-9-16(14)15/h3-9,19H,2,10-13H2,1H3. The zero-order chi connectivity index (χ0) is 13.3. The highest BCUT2D eigenvalue weighted by Gasteiger charge is 2.39. The minimum Gasteiger partial charge on any atom is -0.387 e. The Morgan fingerprint density at radius 2 is 1.84 bits per heavy atom. The number of rotatable bonds is 4. The van der Waals surface area contributed by atoms with Crippen LogP contribution in [0.15, 0.2) is 42.5 Å². The van der Waals surface area contributed by atoms with E-state index >= 15 is 0 Å². The lowest BCUT2D eigenvalue weighted by Crippen LogP contribution is -2.60. The minimum absolute atomic E-state index is 0.431. The van der Waals surface area contributed by atoms with Gasteiger partial charge >= 0.3 is 0 Å². The van der Waals surface area contributed by atoms with Gasteiger partial charge in [-0.15, -0.1) is 0 Å². The number of benzene rings is 2. The molecule has 0 amide bonds. The summed E-state index contributed by atoms with van der Waals surface area (Å²) in [4.78, 5) is 2.33. The molecule has 3 rings (SSSR count). The van der Waals surface area contributed by atoms with Crippen molar-refractivity contribution in [2.24, 2.45) is 0 Å². The second kappa shape index (κ2) is 4.95. The topological polar surface area (TPSA) is 23.5 Å². The molecule has 1 aliphatic rings. The van der Waals surface area contributed by atoms with E-state index in [4.69, 9.17) is 0 Å². The summed E-state index contributed by atoms with van der Waals surface area (Å²) in [6.45, 7) is 4.69. The summed E-state index contributed by atoms with van der Waals surface area (Å²) in [7, 11) is 0. The molecular weight excluding hydrogens is 234 g/mol. The normalized spacial score (nSPS) is 18.4. The number of β-amino-alcohol motifs (C(OH)–C–C–N with tert-alkyl or cyclic N) is 1. The van der Waals surface area contributed by atoms with Gasteiger partial charge in [0.05, 0.1) is 5.60 Å². The third kappa shape index (κ3) is 2.51. The highest BCUT2D eigenvalue weighted by molar-refractivity contribution is 5.85. The summed E-state index contributed by atoms with van der Waals surface area (Å²) in [6.07, 6.45) is 1.97. The summed E-state index contributed by atoms with van der Waals surface area (Å²) >= 11 is 0. The van der Waals surface area contributed by atoms with Gasteiger partial charge in [0.2, 0.25) is 0 Å². The Morgan fingerprint density at radius 3 is 2.63 bits per heavy atom. The van der Waals surface area contributed by atoms with Gasteiger partial charge in [0, 0.05) is 19.6 Å². The third-order valence-corrected chi connectivity index (χ3v) is 4.03. The van der Waals surface area contributed by atoms with E-state index in [1.807, 2.05) is 0 Å². The predicted molar refractivity (Wildman–Crippen MR) is 79.1 cm³/mol. The molecule has 1 aliphatic heterocycles. The van der Waals surface area contributed by atoms with E-state index in [1.165, 1.54) is 16.3 Å². The van der Waals surface area contributed by atoms with Gasteiger partial charge in [0.1, 0.15) is 0 Å². The molecule has 0 aliphatic carbocycles. The Hall–Kier alpha value is -1.38. The van der Waals surface area contributed by atoms with Crippen LogP contribution in [0.4, 0.5) is 0 Å². The van der Waals surface area contributed by atoms with Crippen molar-refractivity contribution in [3.8, 4) is 0 Å². The van der Waals surface area contributed by atoms with Gasteiger partial charge in [0.25, 0.3) is 0 Å². The van der Waals surface area contributed by atoms with E-state index in [0.717, 1.165) is 32.5 Å². The maximum absolute atomic E-state index is 10.2. The fourth-order valence-corrected chi connectivity index (χ4v) is 3.19. The lowest BCUT2D eigenvalue weighted by molar-refractivity contribution is -0.106. The van der Waals surface area contributed by atoms with E-state index in [1.54, 1.807) is 0 Å². The Bertz CT molecular complexity index is 567. The van der Waals surface area contributed by atoms with Crippen LogP contribution in [-0.2, 0) is 6.54 Å². The van der Waals surface area contributed by atoms with Crippen LogP contribution >= 0.6 is 0 Å². The molecule has 2 aromatic carbocycles. The zero-order valence-electron chi connectivity index (χ0n) is 11.5. The first-order valence-electron chi connectivity index (χ1n) is 7.11. The molecule has 0 saturated carbocycles. The van der Waals surface area contributed by atoms with Gasteiger partial charge in [-0.1, -0.05) is 55.8 Å². The lowest BCUT2D eigenvalue weighted by atomic mass is 9.88. The fourth-order valence-electron chi connectivity index (χ4n) is 3.19. The van der Waals surface area contributed by atoms with Gasteiger partial charge in [-0.05, 0) is 22.8 Å². The van der Waals surface area contributed by atoms with E-state index < -0.39 is 5.60 Å². The van der Waals surface area contributed by atoms with Crippen LogP contribution in [-0.4, -0.2) is 28.7 Å². The average Bonchev–Trinajstić information content (AvgIpc) is 2.38. The van der Waals surface area contributed by atoms with Crippen molar-refractivity contribution in [3.05, 3.63) is 48.0 Å². The quantitative estimate of drug-likeness (QED) is 0.907. The maximum Gasteiger partial charge on any atom is 0.0900 e. The van der Waals surface area contributed by atoms with Crippen LogP contribution in [0, 0.1) is 0 Å². The molecular formula is C17H21NO.